The summed E-state index contributed by atoms with van der Waals surface area (Å²) in [6.07, 6.45) is 0.382. The zero-order valence-electron chi connectivity index (χ0n) is 11.5. The number of nitrogens with one attached hydrogen (secondary N) is 1. The van der Waals surface area contributed by atoms with E-state index in [1.54, 1.807) is 11.3 Å². The minimum absolute atomic E-state index is 0.182. The number of fused-ring (bicyclic) bond motifs is 1. The third-order valence-electron chi connectivity index (χ3n) is 3.39. The molecular formula is C13H18N2O3S2. The fourth-order valence-corrected chi connectivity index (χ4v) is 3.64. The van der Waals surface area contributed by atoms with E-state index in [9.17, 15) is 13.0 Å². The standard InChI is InChI=1S/C13H18N2O3S2/c1-10(15(2)8-5-9-20(16,17)18)13-14-11-6-3-4-7-12(11)19-13/h3-4,6-7,10H,5,8-9H2,1-2H3,(H,16,17,18)/t10-/m1/s1. The van der Waals surface area contributed by atoms with Crippen LogP contribution in [0.4, 0.5) is 0 Å². The van der Waals surface area contributed by atoms with E-state index in [4.69, 9.17) is 0 Å². The molecule has 1 aromatic carbocycles. The molecule has 5 nitrogen and oxygen atoms in total. The molecule has 7 heteroatoms. The summed E-state index contributed by atoms with van der Waals surface area (Å²) < 4.78 is 32.9. The lowest BCUT2D eigenvalue weighted by Crippen LogP contribution is -3.09. The minimum Gasteiger partial charge on any atom is -0.748 e. The largest absolute Gasteiger partial charge is 0.748 e. The third-order valence-corrected chi connectivity index (χ3v) is 5.39. The van der Waals surface area contributed by atoms with Gasteiger partial charge in [-0.25, -0.2) is 13.4 Å². The second-order valence-corrected chi connectivity index (χ2v) is 7.54. The Balaban J connectivity index is 2.00. The molecule has 0 aliphatic rings. The van der Waals surface area contributed by atoms with Crippen LogP contribution in [0.1, 0.15) is 24.4 Å². The zero-order chi connectivity index (χ0) is 14.8. The summed E-state index contributed by atoms with van der Waals surface area (Å²) in [4.78, 5) is 5.77. The highest BCUT2D eigenvalue weighted by Crippen LogP contribution is 2.24. The molecule has 0 saturated heterocycles. The van der Waals surface area contributed by atoms with Crippen molar-refractivity contribution in [2.24, 2.45) is 0 Å². The number of aromatic nitrogens is 1. The lowest BCUT2D eigenvalue weighted by molar-refractivity contribution is -0.910. The highest BCUT2D eigenvalue weighted by atomic mass is 32.2. The molecule has 0 aliphatic carbocycles. The second kappa shape index (κ2) is 6.17. The van der Waals surface area contributed by atoms with Crippen molar-refractivity contribution in [2.45, 2.75) is 19.4 Å². The highest BCUT2D eigenvalue weighted by molar-refractivity contribution is 7.85. The first-order valence-corrected chi connectivity index (χ1v) is 8.87. The molecule has 0 saturated carbocycles. The van der Waals surface area contributed by atoms with Gasteiger partial charge in [-0.1, -0.05) is 12.1 Å². The van der Waals surface area contributed by atoms with Crippen LogP contribution < -0.4 is 4.90 Å². The van der Waals surface area contributed by atoms with Gasteiger partial charge < -0.3 is 9.45 Å². The van der Waals surface area contributed by atoms with Gasteiger partial charge in [0.15, 0.2) is 5.01 Å². The molecule has 110 valence electrons. The summed E-state index contributed by atoms with van der Waals surface area (Å²) in [5.74, 6) is -0.295. The zero-order valence-corrected chi connectivity index (χ0v) is 13.1. The van der Waals surface area contributed by atoms with Crippen LogP contribution in [0.5, 0.6) is 0 Å². The van der Waals surface area contributed by atoms with Crippen molar-refractivity contribution in [2.75, 3.05) is 19.3 Å². The Morgan fingerprint density at radius 1 is 1.40 bits per heavy atom. The van der Waals surface area contributed by atoms with Crippen LogP contribution in [-0.2, 0) is 10.1 Å². The van der Waals surface area contributed by atoms with E-state index in [0.29, 0.717) is 13.0 Å². The Morgan fingerprint density at radius 2 is 2.10 bits per heavy atom. The first kappa shape index (κ1) is 15.4. The van der Waals surface area contributed by atoms with Crippen LogP contribution in [0.3, 0.4) is 0 Å². The average molecular weight is 314 g/mol. The molecule has 1 heterocycles. The molecule has 0 radical (unpaired) electrons. The average Bonchev–Trinajstić information content (AvgIpc) is 2.79. The summed E-state index contributed by atoms with van der Waals surface area (Å²) in [6, 6.07) is 8.17. The number of benzene rings is 1. The fraction of sp³-hybridized carbons (Fsp3) is 0.462. The number of hydrogen-bond donors (Lipinski definition) is 1. The number of nitrogens with zero attached hydrogens (tertiary/aromatic N) is 1. The van der Waals surface area contributed by atoms with E-state index in [1.807, 2.05) is 31.3 Å². The fourth-order valence-electron chi connectivity index (χ4n) is 2.03. The molecule has 2 atom stereocenters. The highest BCUT2D eigenvalue weighted by Gasteiger charge is 2.19. The van der Waals surface area contributed by atoms with Crippen LogP contribution in [0.15, 0.2) is 24.3 Å². The van der Waals surface area contributed by atoms with Gasteiger partial charge in [0.2, 0.25) is 0 Å². The van der Waals surface area contributed by atoms with Crippen LogP contribution in [0.25, 0.3) is 10.2 Å². The molecule has 2 rings (SSSR count). The Hall–Kier alpha value is -1.02. The molecule has 20 heavy (non-hydrogen) atoms. The summed E-state index contributed by atoms with van der Waals surface area (Å²) in [5.41, 5.74) is 0.995. The van der Waals surface area contributed by atoms with Crippen LogP contribution in [0.2, 0.25) is 0 Å². The first-order chi connectivity index (χ1) is 9.37. The van der Waals surface area contributed by atoms with Crippen molar-refractivity contribution >= 4 is 31.7 Å². The number of thiazole rings is 1. The molecule has 0 fully saturated rings. The van der Waals surface area contributed by atoms with Gasteiger partial charge in [-0.15, -0.1) is 11.3 Å². The van der Waals surface area contributed by atoms with Crippen molar-refractivity contribution in [3.63, 3.8) is 0 Å². The van der Waals surface area contributed by atoms with Crippen molar-refractivity contribution in [1.29, 1.82) is 0 Å². The lowest BCUT2D eigenvalue weighted by Gasteiger charge is -2.20. The maximum Gasteiger partial charge on any atom is 0.151 e. The number of hydrogen-bond acceptors (Lipinski definition) is 5. The summed E-state index contributed by atoms with van der Waals surface area (Å²) in [7, 11) is -2.11. The first-order valence-electron chi connectivity index (χ1n) is 6.48. The van der Waals surface area contributed by atoms with Crippen LogP contribution >= 0.6 is 11.3 Å². The molecule has 1 aromatic heterocycles. The smallest absolute Gasteiger partial charge is 0.151 e. The maximum absolute atomic E-state index is 10.6. The van der Waals surface area contributed by atoms with E-state index in [1.165, 1.54) is 0 Å². The van der Waals surface area contributed by atoms with E-state index in [2.05, 4.69) is 11.9 Å². The Morgan fingerprint density at radius 3 is 2.75 bits per heavy atom. The van der Waals surface area contributed by atoms with Crippen molar-refractivity contribution in [3.8, 4) is 0 Å². The van der Waals surface area contributed by atoms with Gasteiger partial charge in [-0.2, -0.15) is 0 Å². The van der Waals surface area contributed by atoms with Crippen molar-refractivity contribution in [3.05, 3.63) is 29.3 Å². The molecule has 0 aliphatic heterocycles. The lowest BCUT2D eigenvalue weighted by atomic mass is 10.3. The summed E-state index contributed by atoms with van der Waals surface area (Å²) in [6.45, 7) is 2.71. The quantitative estimate of drug-likeness (QED) is 0.801. The molecule has 1 unspecified atom stereocenters. The van der Waals surface area contributed by atoms with E-state index < -0.39 is 10.1 Å². The van der Waals surface area contributed by atoms with E-state index >= 15 is 0 Å². The van der Waals surface area contributed by atoms with Crippen molar-refractivity contribution < 1.29 is 17.9 Å². The van der Waals surface area contributed by atoms with E-state index in [0.717, 1.165) is 20.1 Å². The monoisotopic (exact) mass is 314 g/mol. The van der Waals surface area contributed by atoms with Gasteiger partial charge in [-0.3, -0.25) is 0 Å². The van der Waals surface area contributed by atoms with Crippen LogP contribution in [-0.4, -0.2) is 37.3 Å². The van der Waals surface area contributed by atoms with Gasteiger partial charge in [0.05, 0.1) is 33.9 Å². The molecule has 0 amide bonds. The number of quaternary nitrogens is 1. The maximum atomic E-state index is 10.6. The number of rotatable bonds is 6. The Bertz CT molecular complexity index is 649. The molecule has 0 bridgehead atoms. The predicted molar refractivity (Wildman–Crippen MR) is 79.0 cm³/mol. The third kappa shape index (κ3) is 3.99. The van der Waals surface area contributed by atoms with Gasteiger partial charge in [-0.05, 0) is 19.1 Å². The minimum atomic E-state index is -4.11. The normalized spacial score (nSPS) is 15.3. The SMILES string of the molecule is C[C@H](c1nc2ccccc2s1)[NH+](C)CCCS(=O)(=O)[O-]. The van der Waals surface area contributed by atoms with Gasteiger partial charge in [0.1, 0.15) is 6.04 Å². The molecule has 0 spiro atoms. The predicted octanol–water partition coefficient (Wildman–Crippen LogP) is 0.807. The summed E-state index contributed by atoms with van der Waals surface area (Å²) >= 11 is 1.66. The van der Waals surface area contributed by atoms with E-state index in [-0.39, 0.29) is 11.8 Å². The Labute approximate surface area is 123 Å². The topological polar surface area (TPSA) is 74.5 Å². The Kier molecular flexibility index (Phi) is 4.74. The second-order valence-electron chi connectivity index (χ2n) is 4.95. The molecular weight excluding hydrogens is 296 g/mol. The van der Waals surface area contributed by atoms with Crippen molar-refractivity contribution in [1.82, 2.24) is 4.98 Å². The van der Waals surface area contributed by atoms with Gasteiger partial charge >= 0.3 is 0 Å². The molecule has 1 N–H and O–H groups in total. The van der Waals surface area contributed by atoms with Gasteiger partial charge in [0, 0.05) is 12.2 Å². The van der Waals surface area contributed by atoms with Crippen LogP contribution in [0, 0.1) is 0 Å². The number of para-hydroxylation sites is 1. The van der Waals surface area contributed by atoms with Gasteiger partial charge in [0.25, 0.3) is 0 Å². The molecule has 2 aromatic rings. The summed E-state index contributed by atoms with van der Waals surface area (Å²) in [5, 5.41) is 1.04.